The number of benzene rings is 1. The van der Waals surface area contributed by atoms with E-state index >= 15 is 0 Å². The van der Waals surface area contributed by atoms with Crippen molar-refractivity contribution in [1.29, 1.82) is 0 Å². The molecule has 0 aliphatic rings. The maximum absolute atomic E-state index is 12.3. The van der Waals surface area contributed by atoms with E-state index in [4.69, 9.17) is 0 Å². The van der Waals surface area contributed by atoms with E-state index in [2.05, 4.69) is 25.9 Å². The summed E-state index contributed by atoms with van der Waals surface area (Å²) in [4.78, 5) is 21.0. The van der Waals surface area contributed by atoms with Crippen molar-refractivity contribution >= 4 is 27.0 Å². The van der Waals surface area contributed by atoms with E-state index in [-0.39, 0.29) is 5.69 Å². The number of aryl methyl sites for hydroxylation is 2. The zero-order chi connectivity index (χ0) is 15.0. The minimum absolute atomic E-state index is 0.266. The predicted molar refractivity (Wildman–Crippen MR) is 87.3 cm³/mol. The van der Waals surface area contributed by atoms with Crippen LogP contribution in [0.5, 0.6) is 0 Å². The Bertz CT molecular complexity index is 886. The Balaban J connectivity index is 2.42. The normalized spacial score (nSPS) is 11.0. The van der Waals surface area contributed by atoms with E-state index in [9.17, 15) is 4.79 Å². The molecule has 0 aliphatic carbocycles. The van der Waals surface area contributed by atoms with Gasteiger partial charge in [0.1, 0.15) is 5.65 Å². The molecule has 3 rings (SSSR count). The molecule has 0 N–H and O–H groups in total. The first-order chi connectivity index (χ1) is 10.1. The molecule has 1 aromatic carbocycles. The summed E-state index contributed by atoms with van der Waals surface area (Å²) >= 11 is 3.46. The molecule has 106 valence electrons. The van der Waals surface area contributed by atoms with Crippen LogP contribution in [0.3, 0.4) is 0 Å². The van der Waals surface area contributed by atoms with Gasteiger partial charge in [0.15, 0.2) is 0 Å². The summed E-state index contributed by atoms with van der Waals surface area (Å²) in [5.41, 5.74) is 2.88. The van der Waals surface area contributed by atoms with Crippen molar-refractivity contribution in [2.45, 2.75) is 20.4 Å². The fraction of sp³-hybridized carbons (Fsp3) is 0.188. The fourth-order valence-corrected chi connectivity index (χ4v) is 2.78. The lowest BCUT2D eigenvalue weighted by Crippen LogP contribution is -2.24. The van der Waals surface area contributed by atoms with Crippen LogP contribution in [0.15, 0.2) is 45.7 Å². The lowest BCUT2D eigenvalue weighted by molar-refractivity contribution is 0.722. The average Bonchev–Trinajstić information content (AvgIpc) is 2.46. The highest BCUT2D eigenvalue weighted by Gasteiger charge is 2.12. The van der Waals surface area contributed by atoms with Crippen LogP contribution in [0.2, 0.25) is 0 Å². The van der Waals surface area contributed by atoms with Gasteiger partial charge < -0.3 is 0 Å². The van der Waals surface area contributed by atoms with Crippen LogP contribution in [0, 0.1) is 6.92 Å². The van der Waals surface area contributed by atoms with E-state index in [1.54, 1.807) is 4.57 Å². The molecule has 0 saturated heterocycles. The summed E-state index contributed by atoms with van der Waals surface area (Å²) in [6.45, 7) is 4.39. The van der Waals surface area contributed by atoms with Gasteiger partial charge in [0, 0.05) is 27.7 Å². The van der Waals surface area contributed by atoms with Gasteiger partial charge in [-0.3, -0.25) is 4.57 Å². The lowest BCUT2D eigenvalue weighted by Gasteiger charge is -2.11. The number of pyridine rings is 1. The molecule has 2 heterocycles. The van der Waals surface area contributed by atoms with E-state index in [1.165, 1.54) is 0 Å². The second-order valence-electron chi connectivity index (χ2n) is 4.82. The maximum Gasteiger partial charge on any atom is 0.349 e. The van der Waals surface area contributed by atoms with Gasteiger partial charge in [-0.1, -0.05) is 28.1 Å². The third kappa shape index (κ3) is 2.49. The summed E-state index contributed by atoms with van der Waals surface area (Å²) in [7, 11) is 0. The van der Waals surface area contributed by atoms with Crippen LogP contribution in [0.4, 0.5) is 0 Å². The summed E-state index contributed by atoms with van der Waals surface area (Å²) in [5, 5.41) is 0.889. The van der Waals surface area contributed by atoms with Gasteiger partial charge in [-0.25, -0.2) is 9.78 Å². The zero-order valence-corrected chi connectivity index (χ0v) is 13.4. The summed E-state index contributed by atoms with van der Waals surface area (Å²) in [6, 6.07) is 11.7. The molecule has 0 unspecified atom stereocenters. The topological polar surface area (TPSA) is 47.8 Å². The Hall–Kier alpha value is -2.01. The van der Waals surface area contributed by atoms with Crippen molar-refractivity contribution in [3.05, 3.63) is 57.0 Å². The highest BCUT2D eigenvalue weighted by Crippen LogP contribution is 2.26. The maximum atomic E-state index is 12.3. The van der Waals surface area contributed by atoms with Gasteiger partial charge in [0.25, 0.3) is 0 Å². The number of nitrogens with zero attached hydrogens (tertiary/aromatic N) is 3. The SMILES string of the molecule is CCn1c(=O)nc(-c2cccc(Br)c2)c2ccc(C)nc21. The van der Waals surface area contributed by atoms with Crippen molar-refractivity contribution in [1.82, 2.24) is 14.5 Å². The van der Waals surface area contributed by atoms with Crippen LogP contribution in [-0.4, -0.2) is 14.5 Å². The second-order valence-corrected chi connectivity index (χ2v) is 5.74. The summed E-state index contributed by atoms with van der Waals surface area (Å²) in [6.07, 6.45) is 0. The number of hydrogen-bond acceptors (Lipinski definition) is 3. The molecule has 0 atom stereocenters. The molecule has 3 aromatic rings. The van der Waals surface area contributed by atoms with Gasteiger partial charge in [0.05, 0.1) is 5.69 Å². The van der Waals surface area contributed by atoms with E-state index < -0.39 is 0 Å². The Kier molecular flexibility index (Phi) is 3.59. The Morgan fingerprint density at radius 2 is 2.00 bits per heavy atom. The molecule has 4 nitrogen and oxygen atoms in total. The standard InChI is InChI=1S/C16H14BrN3O/c1-3-20-15-13(8-7-10(2)18-15)14(19-16(20)21)11-5-4-6-12(17)9-11/h4-9H,3H2,1-2H3. The quantitative estimate of drug-likeness (QED) is 0.714. The van der Waals surface area contributed by atoms with Gasteiger partial charge in [-0.2, -0.15) is 4.98 Å². The lowest BCUT2D eigenvalue weighted by atomic mass is 10.1. The predicted octanol–water partition coefficient (Wildman–Crippen LogP) is 3.55. The van der Waals surface area contributed by atoms with Crippen LogP contribution in [0.1, 0.15) is 12.6 Å². The zero-order valence-electron chi connectivity index (χ0n) is 11.8. The number of rotatable bonds is 2. The molecule has 5 heteroatoms. The van der Waals surface area contributed by atoms with E-state index in [0.29, 0.717) is 17.9 Å². The Labute approximate surface area is 130 Å². The highest BCUT2D eigenvalue weighted by atomic mass is 79.9. The third-order valence-corrected chi connectivity index (χ3v) is 3.87. The molecular formula is C16H14BrN3O. The summed E-state index contributed by atoms with van der Waals surface area (Å²) < 4.78 is 2.55. The van der Waals surface area contributed by atoms with Crippen molar-refractivity contribution < 1.29 is 0 Å². The first-order valence-electron chi connectivity index (χ1n) is 6.74. The molecule has 0 saturated carbocycles. The van der Waals surface area contributed by atoms with Gasteiger partial charge in [-0.05, 0) is 38.1 Å². The smallest absolute Gasteiger partial charge is 0.276 e. The average molecular weight is 344 g/mol. The second kappa shape index (κ2) is 5.41. The van der Waals surface area contributed by atoms with Crippen molar-refractivity contribution in [2.75, 3.05) is 0 Å². The largest absolute Gasteiger partial charge is 0.349 e. The molecule has 2 aromatic heterocycles. The van der Waals surface area contributed by atoms with Crippen LogP contribution in [0.25, 0.3) is 22.3 Å². The molecule has 0 spiro atoms. The van der Waals surface area contributed by atoms with Crippen LogP contribution in [-0.2, 0) is 6.54 Å². The Morgan fingerprint density at radius 1 is 1.19 bits per heavy atom. The number of hydrogen-bond donors (Lipinski definition) is 0. The molecule has 0 fully saturated rings. The fourth-order valence-electron chi connectivity index (χ4n) is 2.38. The van der Waals surface area contributed by atoms with Crippen LogP contribution >= 0.6 is 15.9 Å². The number of aromatic nitrogens is 3. The first kappa shape index (κ1) is 13.9. The third-order valence-electron chi connectivity index (χ3n) is 3.38. The Morgan fingerprint density at radius 3 is 2.71 bits per heavy atom. The molecular weight excluding hydrogens is 330 g/mol. The van der Waals surface area contributed by atoms with Crippen molar-refractivity contribution in [3.63, 3.8) is 0 Å². The van der Waals surface area contributed by atoms with E-state index in [1.807, 2.05) is 50.2 Å². The first-order valence-corrected chi connectivity index (χ1v) is 7.53. The van der Waals surface area contributed by atoms with Crippen molar-refractivity contribution in [3.8, 4) is 11.3 Å². The number of fused-ring (bicyclic) bond motifs is 1. The molecule has 21 heavy (non-hydrogen) atoms. The molecule has 0 bridgehead atoms. The molecule has 0 aliphatic heterocycles. The van der Waals surface area contributed by atoms with Gasteiger partial charge in [0.2, 0.25) is 0 Å². The minimum Gasteiger partial charge on any atom is -0.276 e. The molecule has 0 radical (unpaired) electrons. The molecule has 0 amide bonds. The highest BCUT2D eigenvalue weighted by molar-refractivity contribution is 9.10. The van der Waals surface area contributed by atoms with Crippen molar-refractivity contribution in [2.24, 2.45) is 0 Å². The van der Waals surface area contributed by atoms with Gasteiger partial charge >= 0.3 is 5.69 Å². The van der Waals surface area contributed by atoms with E-state index in [0.717, 1.165) is 21.1 Å². The number of halogens is 1. The van der Waals surface area contributed by atoms with Gasteiger partial charge in [-0.15, -0.1) is 0 Å². The van der Waals surface area contributed by atoms with Crippen LogP contribution < -0.4 is 5.69 Å². The minimum atomic E-state index is -0.266. The summed E-state index contributed by atoms with van der Waals surface area (Å²) in [5.74, 6) is 0. The monoisotopic (exact) mass is 343 g/mol.